The van der Waals surface area contributed by atoms with Crippen LogP contribution in [0.25, 0.3) is 0 Å². The zero-order valence-corrected chi connectivity index (χ0v) is 56.6. The van der Waals surface area contributed by atoms with Crippen molar-refractivity contribution >= 4 is 35.1 Å². The van der Waals surface area contributed by atoms with E-state index in [0.29, 0.717) is 0 Å². The quantitative estimate of drug-likeness (QED) is 0.100. The van der Waals surface area contributed by atoms with Gasteiger partial charge in [0.1, 0.15) is 102 Å². The Bertz CT molecular complexity index is 2840. The molecule has 0 amide bonds. The van der Waals surface area contributed by atoms with E-state index in [2.05, 4.69) is 0 Å². The van der Waals surface area contributed by atoms with Crippen molar-refractivity contribution in [3.63, 3.8) is 0 Å². The van der Waals surface area contributed by atoms with Crippen LogP contribution in [0.4, 0.5) is 0 Å². The Labute approximate surface area is 558 Å². The third kappa shape index (κ3) is 13.5. The van der Waals surface area contributed by atoms with Gasteiger partial charge in [-0.05, 0) is 61.0 Å². The number of carbonyl (C=O) groups is 2. The molecule has 11 rings (SSSR count). The highest BCUT2D eigenvalue weighted by Gasteiger charge is 2.73. The van der Waals surface area contributed by atoms with Crippen molar-refractivity contribution in [1.29, 1.82) is 0 Å². The van der Waals surface area contributed by atoms with Gasteiger partial charge in [-0.25, -0.2) is 4.79 Å². The summed E-state index contributed by atoms with van der Waals surface area (Å²) in [6.45, 7) is 15.4. The Kier molecular flexibility index (Phi) is 22.1. The lowest BCUT2D eigenvalue weighted by atomic mass is 9.80. The largest absolute Gasteiger partial charge is 0.505 e. The minimum Gasteiger partial charge on any atom is -0.505 e. The van der Waals surface area contributed by atoms with Crippen molar-refractivity contribution in [2.24, 2.45) is 5.92 Å². The molecular formula is C61H90Cl2O32. The van der Waals surface area contributed by atoms with Crippen LogP contribution in [0, 0.1) is 12.8 Å². The number of hydrogen-bond acceptors (Lipinski definition) is 32. The summed E-state index contributed by atoms with van der Waals surface area (Å²) in [6, 6.07) is 0. The van der Waals surface area contributed by atoms with Gasteiger partial charge in [0.25, 0.3) is 5.97 Å². The summed E-state index contributed by atoms with van der Waals surface area (Å²) < 4.78 is 142. The minimum atomic E-state index is -2.03. The van der Waals surface area contributed by atoms with E-state index in [1.165, 1.54) is 49.2 Å². The van der Waals surface area contributed by atoms with E-state index in [1.807, 2.05) is 0 Å². The van der Waals surface area contributed by atoms with Gasteiger partial charge in [0.2, 0.25) is 6.29 Å². The number of phenols is 1. The third-order valence-electron chi connectivity index (χ3n) is 19.5. The van der Waals surface area contributed by atoms with Crippen LogP contribution in [0.5, 0.6) is 11.5 Å². The number of rotatable bonds is 18. The number of aliphatic hydroxyl groups excluding tert-OH is 5. The van der Waals surface area contributed by atoms with Gasteiger partial charge >= 0.3 is 17.9 Å². The van der Waals surface area contributed by atoms with Crippen molar-refractivity contribution in [1.82, 2.24) is 0 Å². The average Bonchev–Trinajstić information content (AvgIpc) is 1.59. The van der Waals surface area contributed by atoms with Crippen LogP contribution in [0.3, 0.4) is 0 Å². The minimum absolute atomic E-state index is 0.00581. The van der Waals surface area contributed by atoms with Crippen molar-refractivity contribution in [2.45, 2.75) is 283 Å². The molecule has 0 bridgehead atoms. The third-order valence-corrected chi connectivity index (χ3v) is 20.4. The maximum Gasteiger partial charge on any atom is 0.342 e. The van der Waals surface area contributed by atoms with Gasteiger partial charge in [0.05, 0.1) is 86.5 Å². The molecule has 32 nitrogen and oxygen atoms in total. The number of phenolic OH excluding ortho intramolecular Hbond substituents is 1. The molecule has 10 saturated heterocycles. The monoisotopic (exact) mass is 1400 g/mol. The predicted molar refractivity (Wildman–Crippen MR) is 314 cm³/mol. The lowest BCUT2D eigenvalue weighted by Crippen LogP contribution is -2.72. The highest BCUT2D eigenvalue weighted by atomic mass is 35.5. The molecule has 1 aromatic rings. The second-order valence-electron chi connectivity index (χ2n) is 26.4. The molecule has 10 fully saturated rings. The Morgan fingerprint density at radius 1 is 0.653 bits per heavy atom. The van der Waals surface area contributed by atoms with Gasteiger partial charge in [-0.2, -0.15) is 0 Å². The standard InChI is InChI=1S/C61H90Cl2O32/c1-21(2)53(70)87-49-45-32(92-61(93-45)52-51(78-20-79-52)60(72,27(8)64)28(9)91-61)19-77-56(49)89-57-48(76-14)39(68)44(31(83-57)18-73-11)88-55-40(69)47(43(74-12)24(5)82-55)85-34-17-58(10)50(26(7)81-34)94-59(95-58)16-30(66)42(25(6)90-59)84-33-15-29(65)41(23(4)80-33)86-54(71)35-22(3)36(62)38(67)37(63)46(35)75-13/h21,23-34,39-45,47-52,55-57,64-69,72H,15-20H2,1-14H3/t23-,24-,25-,26-,27?,28-,29-,30-,31-,32+,33+,34+,39+,40-,41-,42-,43+,44-,45-,47-,48+,49-,50-,51-,52-,55+,56+,57+,58-,59?,60+,61?/m1/s1. The fourth-order valence-electron chi connectivity index (χ4n) is 14.7. The van der Waals surface area contributed by atoms with Gasteiger partial charge in [0, 0.05) is 34.2 Å². The van der Waals surface area contributed by atoms with Crippen molar-refractivity contribution in [3.05, 3.63) is 21.2 Å². The maximum absolute atomic E-state index is 13.6. The van der Waals surface area contributed by atoms with Gasteiger partial charge in [-0.15, -0.1) is 0 Å². The van der Waals surface area contributed by atoms with Crippen molar-refractivity contribution in [2.75, 3.05) is 48.4 Å². The predicted octanol–water partition coefficient (Wildman–Crippen LogP) is 0.844. The number of fused-ring (bicyclic) bond motifs is 4. The van der Waals surface area contributed by atoms with E-state index in [-0.39, 0.29) is 66.2 Å². The fourth-order valence-corrected chi connectivity index (χ4v) is 15.2. The number of benzene rings is 1. The first kappa shape index (κ1) is 73.5. The zero-order valence-electron chi connectivity index (χ0n) is 55.1. The molecule has 7 N–H and O–H groups in total. The molecule has 2 spiro atoms. The molecule has 0 saturated carbocycles. The first-order valence-corrected chi connectivity index (χ1v) is 32.6. The molecule has 540 valence electrons. The van der Waals surface area contributed by atoms with Crippen LogP contribution in [0.15, 0.2) is 0 Å². The van der Waals surface area contributed by atoms with E-state index in [0.717, 1.165) is 0 Å². The summed E-state index contributed by atoms with van der Waals surface area (Å²) in [4.78, 5) is 27.0. The topological polar surface area (TPSA) is 388 Å². The highest BCUT2D eigenvalue weighted by Crippen LogP contribution is 2.53. The summed E-state index contributed by atoms with van der Waals surface area (Å²) in [7, 11) is 5.37. The first-order valence-electron chi connectivity index (χ1n) is 31.9. The fraction of sp³-hybridized carbons (Fsp3) is 0.869. The molecular weight excluding hydrogens is 1320 g/mol. The second-order valence-corrected chi connectivity index (χ2v) is 27.2. The van der Waals surface area contributed by atoms with E-state index < -0.39 is 219 Å². The SMILES string of the molecule is COC[C@H]1O[C@@H](O[C@@H]2OC[C@@H]3OC4(O[C@H]3[C@H]2OC(=O)C(C)C)O[C@H](C)[C@@](O)(C(C)O)[C@@H]2OCO[C@H]24)[C@@H](OC)[C@@H](O)[C@@H]1O[C@@H]1O[C@H](C)[C@H](OC)[C@H](O[C@H]2C[C@@]3(C)OC4(C[C@@H](O)[C@H](O[C@H]5C[C@@H](O)[C@H](OC(=O)c6c(C)c(Cl)c(O)c(Cl)c6OC)[C@@H](C)O5)[C@@H](C)O4)O[C@@H]3[C@@H](C)O2)[C@H]1O. The van der Waals surface area contributed by atoms with Crippen LogP contribution >= 0.6 is 23.2 Å². The molecule has 32 atom stereocenters. The summed E-state index contributed by atoms with van der Waals surface area (Å²) >= 11 is 12.5. The zero-order chi connectivity index (χ0) is 68.9. The van der Waals surface area contributed by atoms with Crippen LogP contribution in [0.2, 0.25) is 10.0 Å². The molecule has 0 radical (unpaired) electrons. The number of carbonyl (C=O) groups excluding carboxylic acids is 2. The normalized spacial score (nSPS) is 47.7. The Hall–Kier alpha value is -2.70. The highest BCUT2D eigenvalue weighted by molar-refractivity contribution is 6.39. The smallest absolute Gasteiger partial charge is 0.342 e. The van der Waals surface area contributed by atoms with Crippen LogP contribution in [-0.2, 0) is 109 Å². The van der Waals surface area contributed by atoms with E-state index in [1.54, 1.807) is 48.5 Å². The number of aliphatic hydroxyl groups is 6. The van der Waals surface area contributed by atoms with Crippen LogP contribution < -0.4 is 4.74 Å². The Morgan fingerprint density at radius 2 is 1.34 bits per heavy atom. The summed E-state index contributed by atoms with van der Waals surface area (Å²) in [5, 5.41) is 79.9. The van der Waals surface area contributed by atoms with Crippen molar-refractivity contribution in [3.8, 4) is 11.5 Å². The number of esters is 2. The maximum atomic E-state index is 13.6. The van der Waals surface area contributed by atoms with Gasteiger partial charge < -0.3 is 145 Å². The number of aromatic hydroxyl groups is 1. The van der Waals surface area contributed by atoms with Crippen LogP contribution in [-0.4, -0.2) is 291 Å². The average molecular weight is 1410 g/mol. The Morgan fingerprint density at radius 3 is 1.99 bits per heavy atom. The first-order chi connectivity index (χ1) is 44.9. The molecule has 3 unspecified atom stereocenters. The lowest BCUT2D eigenvalue weighted by Gasteiger charge is -2.51. The van der Waals surface area contributed by atoms with E-state index >= 15 is 0 Å². The molecule has 0 aliphatic carbocycles. The van der Waals surface area contributed by atoms with Gasteiger partial charge in [-0.3, -0.25) is 4.79 Å². The van der Waals surface area contributed by atoms with Gasteiger partial charge in [0.15, 0.2) is 55.0 Å². The molecule has 10 aliphatic rings. The molecule has 34 heteroatoms. The summed E-state index contributed by atoms with van der Waals surface area (Å²) in [5.74, 6) is -6.71. The summed E-state index contributed by atoms with van der Waals surface area (Å²) in [6.07, 6.45) is -33.7. The van der Waals surface area contributed by atoms with E-state index in [4.69, 9.17) is 132 Å². The number of ether oxygens (including phenoxy) is 23. The number of methoxy groups -OCH3 is 4. The molecule has 10 aliphatic heterocycles. The lowest BCUT2D eigenvalue weighted by molar-refractivity contribution is -0.439. The van der Waals surface area contributed by atoms with Crippen LogP contribution in [0.1, 0.15) is 97.5 Å². The second kappa shape index (κ2) is 28.6. The molecule has 1 aromatic carbocycles. The molecule has 10 heterocycles. The van der Waals surface area contributed by atoms with E-state index in [9.17, 15) is 45.3 Å². The molecule has 0 aromatic heterocycles. The Balaban J connectivity index is 0.722. The summed E-state index contributed by atoms with van der Waals surface area (Å²) in [5.41, 5.74) is -3.14. The van der Waals surface area contributed by atoms with Gasteiger partial charge in [-0.1, -0.05) is 37.0 Å². The number of halogens is 2. The van der Waals surface area contributed by atoms with Crippen molar-refractivity contribution < 1.29 is 154 Å². The molecule has 95 heavy (non-hydrogen) atoms. The number of hydrogen-bond donors (Lipinski definition) is 7.